The van der Waals surface area contributed by atoms with Gasteiger partial charge in [-0.3, -0.25) is 4.79 Å². The van der Waals surface area contributed by atoms with Gasteiger partial charge in [-0.2, -0.15) is 0 Å². The topological polar surface area (TPSA) is 38.3 Å². The van der Waals surface area contributed by atoms with Gasteiger partial charge in [-0.05, 0) is 37.3 Å². The Morgan fingerprint density at radius 2 is 2.00 bits per heavy atom. The van der Waals surface area contributed by atoms with Crippen molar-refractivity contribution in [1.29, 1.82) is 0 Å². The number of ether oxygens (including phenoxy) is 1. The molecule has 0 aliphatic carbocycles. The summed E-state index contributed by atoms with van der Waals surface area (Å²) < 4.78 is 6.70. The number of benzene rings is 2. The summed E-state index contributed by atoms with van der Waals surface area (Å²) in [5, 5.41) is 2.77. The molecule has 0 fully saturated rings. The SMILES string of the molecule is CCNC(=O)c1ccccc1Oc1cccc(Br)c1. The first kappa shape index (κ1) is 13.6. The molecule has 2 aromatic carbocycles. The van der Waals surface area contributed by atoms with Crippen molar-refractivity contribution in [2.45, 2.75) is 6.92 Å². The second kappa shape index (κ2) is 6.38. The van der Waals surface area contributed by atoms with E-state index >= 15 is 0 Å². The lowest BCUT2D eigenvalue weighted by Crippen LogP contribution is -2.23. The van der Waals surface area contributed by atoms with E-state index in [1.807, 2.05) is 43.3 Å². The van der Waals surface area contributed by atoms with Crippen LogP contribution in [0.3, 0.4) is 0 Å². The van der Waals surface area contributed by atoms with Crippen LogP contribution >= 0.6 is 15.9 Å². The van der Waals surface area contributed by atoms with Gasteiger partial charge < -0.3 is 10.1 Å². The number of amides is 1. The van der Waals surface area contributed by atoms with Gasteiger partial charge in [0, 0.05) is 11.0 Å². The van der Waals surface area contributed by atoms with E-state index in [4.69, 9.17) is 4.74 Å². The summed E-state index contributed by atoms with van der Waals surface area (Å²) in [6, 6.07) is 14.7. The average Bonchev–Trinajstić information content (AvgIpc) is 2.39. The minimum Gasteiger partial charge on any atom is -0.456 e. The fourth-order valence-corrected chi connectivity index (χ4v) is 2.03. The lowest BCUT2D eigenvalue weighted by atomic mass is 10.2. The predicted octanol–water partition coefficient (Wildman–Crippen LogP) is 3.99. The molecule has 0 bridgehead atoms. The summed E-state index contributed by atoms with van der Waals surface area (Å²) in [5.74, 6) is 1.10. The molecule has 4 heteroatoms. The third-order valence-electron chi connectivity index (χ3n) is 2.49. The van der Waals surface area contributed by atoms with Gasteiger partial charge in [0.1, 0.15) is 11.5 Å². The molecule has 0 spiro atoms. The van der Waals surface area contributed by atoms with Gasteiger partial charge in [-0.25, -0.2) is 0 Å². The smallest absolute Gasteiger partial charge is 0.255 e. The summed E-state index contributed by atoms with van der Waals surface area (Å²) in [6.45, 7) is 2.47. The number of carbonyl (C=O) groups excluding carboxylic acids is 1. The molecule has 0 radical (unpaired) electrons. The van der Waals surface area contributed by atoms with Crippen molar-refractivity contribution in [3.8, 4) is 11.5 Å². The van der Waals surface area contributed by atoms with Crippen LogP contribution in [0.5, 0.6) is 11.5 Å². The van der Waals surface area contributed by atoms with Crippen molar-refractivity contribution >= 4 is 21.8 Å². The second-order valence-electron chi connectivity index (χ2n) is 3.92. The van der Waals surface area contributed by atoms with Crippen LogP contribution in [0.2, 0.25) is 0 Å². The predicted molar refractivity (Wildman–Crippen MR) is 78.7 cm³/mol. The van der Waals surface area contributed by atoms with Crippen molar-refractivity contribution in [2.75, 3.05) is 6.54 Å². The summed E-state index contributed by atoms with van der Waals surface area (Å²) in [4.78, 5) is 11.9. The minimum absolute atomic E-state index is 0.131. The number of hydrogen-bond acceptors (Lipinski definition) is 2. The number of rotatable bonds is 4. The maximum atomic E-state index is 11.9. The molecule has 0 aliphatic heterocycles. The molecular weight excluding hydrogens is 306 g/mol. The number of para-hydroxylation sites is 1. The summed E-state index contributed by atoms with van der Waals surface area (Å²) in [7, 11) is 0. The molecule has 3 nitrogen and oxygen atoms in total. The van der Waals surface area contributed by atoms with Crippen LogP contribution in [0.25, 0.3) is 0 Å². The van der Waals surface area contributed by atoms with Gasteiger partial charge in [-0.1, -0.05) is 34.1 Å². The Labute approximate surface area is 120 Å². The Morgan fingerprint density at radius 1 is 1.21 bits per heavy atom. The van der Waals surface area contributed by atoms with Gasteiger partial charge in [0.2, 0.25) is 0 Å². The van der Waals surface area contributed by atoms with E-state index in [0.29, 0.717) is 23.6 Å². The number of carbonyl (C=O) groups is 1. The highest BCUT2D eigenvalue weighted by Gasteiger charge is 2.11. The zero-order valence-electron chi connectivity index (χ0n) is 10.5. The third-order valence-corrected chi connectivity index (χ3v) is 2.99. The zero-order valence-corrected chi connectivity index (χ0v) is 12.1. The molecule has 19 heavy (non-hydrogen) atoms. The monoisotopic (exact) mass is 319 g/mol. The molecule has 1 N–H and O–H groups in total. The fraction of sp³-hybridized carbons (Fsp3) is 0.133. The number of halogens is 1. The normalized spacial score (nSPS) is 10.0. The highest BCUT2D eigenvalue weighted by Crippen LogP contribution is 2.27. The van der Waals surface area contributed by atoms with Crippen LogP contribution in [0.15, 0.2) is 53.0 Å². The molecule has 0 aromatic heterocycles. The average molecular weight is 320 g/mol. The molecule has 0 atom stereocenters. The Balaban J connectivity index is 2.27. The van der Waals surface area contributed by atoms with E-state index in [0.717, 1.165) is 4.47 Å². The summed E-state index contributed by atoms with van der Waals surface area (Å²) >= 11 is 3.39. The van der Waals surface area contributed by atoms with Gasteiger partial charge in [0.25, 0.3) is 5.91 Å². The van der Waals surface area contributed by atoms with Crippen molar-refractivity contribution < 1.29 is 9.53 Å². The molecule has 1 amide bonds. The van der Waals surface area contributed by atoms with Crippen LogP contribution in [0.1, 0.15) is 17.3 Å². The molecule has 98 valence electrons. The van der Waals surface area contributed by atoms with Crippen LogP contribution in [0, 0.1) is 0 Å². The highest BCUT2D eigenvalue weighted by atomic mass is 79.9. The van der Waals surface area contributed by atoms with Gasteiger partial charge in [0.15, 0.2) is 0 Å². The molecule has 0 saturated heterocycles. The van der Waals surface area contributed by atoms with Crippen molar-refractivity contribution in [3.63, 3.8) is 0 Å². The molecular formula is C15H14BrNO2. The molecule has 0 heterocycles. The molecule has 0 unspecified atom stereocenters. The first-order valence-corrected chi connectivity index (χ1v) is 6.80. The first-order valence-electron chi connectivity index (χ1n) is 6.01. The Hall–Kier alpha value is -1.81. The largest absolute Gasteiger partial charge is 0.456 e. The van der Waals surface area contributed by atoms with E-state index < -0.39 is 0 Å². The van der Waals surface area contributed by atoms with E-state index in [1.165, 1.54) is 0 Å². The van der Waals surface area contributed by atoms with E-state index in [-0.39, 0.29) is 5.91 Å². The molecule has 0 aliphatic rings. The Morgan fingerprint density at radius 3 is 2.74 bits per heavy atom. The zero-order chi connectivity index (χ0) is 13.7. The van der Waals surface area contributed by atoms with E-state index in [2.05, 4.69) is 21.2 Å². The third kappa shape index (κ3) is 3.58. The quantitative estimate of drug-likeness (QED) is 0.925. The Kier molecular flexibility index (Phi) is 4.58. The summed E-state index contributed by atoms with van der Waals surface area (Å²) in [6.07, 6.45) is 0. The van der Waals surface area contributed by atoms with Crippen LogP contribution in [-0.2, 0) is 0 Å². The molecule has 0 saturated carbocycles. The molecule has 2 aromatic rings. The van der Waals surface area contributed by atoms with Crippen LogP contribution < -0.4 is 10.1 Å². The minimum atomic E-state index is -0.131. The number of nitrogens with one attached hydrogen (secondary N) is 1. The van der Waals surface area contributed by atoms with Gasteiger partial charge in [0.05, 0.1) is 5.56 Å². The maximum absolute atomic E-state index is 11.9. The van der Waals surface area contributed by atoms with Gasteiger partial charge in [-0.15, -0.1) is 0 Å². The van der Waals surface area contributed by atoms with Crippen LogP contribution in [-0.4, -0.2) is 12.5 Å². The standard InChI is InChI=1S/C15H14BrNO2/c1-2-17-15(18)13-8-3-4-9-14(13)19-12-7-5-6-11(16)10-12/h3-10H,2H2,1H3,(H,17,18). The Bertz CT molecular complexity index is 584. The lowest BCUT2D eigenvalue weighted by molar-refractivity contribution is 0.0953. The first-order chi connectivity index (χ1) is 9.20. The maximum Gasteiger partial charge on any atom is 0.255 e. The van der Waals surface area contributed by atoms with E-state index in [9.17, 15) is 4.79 Å². The number of hydrogen-bond donors (Lipinski definition) is 1. The van der Waals surface area contributed by atoms with Crippen molar-refractivity contribution in [1.82, 2.24) is 5.32 Å². The lowest BCUT2D eigenvalue weighted by Gasteiger charge is -2.10. The molecule has 2 rings (SSSR count). The van der Waals surface area contributed by atoms with E-state index in [1.54, 1.807) is 12.1 Å². The van der Waals surface area contributed by atoms with Crippen LogP contribution in [0.4, 0.5) is 0 Å². The highest BCUT2D eigenvalue weighted by molar-refractivity contribution is 9.10. The second-order valence-corrected chi connectivity index (χ2v) is 4.83. The fourth-order valence-electron chi connectivity index (χ4n) is 1.66. The van der Waals surface area contributed by atoms with Crippen molar-refractivity contribution in [3.05, 3.63) is 58.6 Å². The van der Waals surface area contributed by atoms with Crippen molar-refractivity contribution in [2.24, 2.45) is 0 Å². The summed E-state index contributed by atoms with van der Waals surface area (Å²) in [5.41, 5.74) is 0.532. The van der Waals surface area contributed by atoms with Gasteiger partial charge >= 0.3 is 0 Å².